The Morgan fingerprint density at radius 2 is 2.00 bits per heavy atom. The molecule has 1 aromatic carbocycles. The predicted molar refractivity (Wildman–Crippen MR) is 97.3 cm³/mol. The van der Waals surface area contributed by atoms with Crippen molar-refractivity contribution in [3.63, 3.8) is 0 Å². The summed E-state index contributed by atoms with van der Waals surface area (Å²) in [4.78, 5) is 15.2. The fraction of sp³-hybridized carbons (Fsp3) is 0.263. The van der Waals surface area contributed by atoms with Gasteiger partial charge in [-0.25, -0.2) is 15.0 Å². The molecule has 1 fully saturated rings. The summed E-state index contributed by atoms with van der Waals surface area (Å²) in [6.45, 7) is 1.80. The number of aromatic nitrogens is 3. The molecule has 3 aromatic rings. The number of nitrogens with one attached hydrogen (secondary N) is 1. The van der Waals surface area contributed by atoms with Crippen molar-refractivity contribution in [3.05, 3.63) is 54.5 Å². The molecule has 0 saturated carbocycles. The first-order valence-electron chi connectivity index (χ1n) is 8.41. The molecule has 0 aliphatic carbocycles. The van der Waals surface area contributed by atoms with E-state index in [0.717, 1.165) is 48.5 Å². The number of hydrogen-bond acceptors (Lipinski definition) is 6. The second-order valence-electron chi connectivity index (χ2n) is 6.16. The molecule has 124 valence electrons. The third-order valence-electron chi connectivity index (χ3n) is 4.58. The van der Waals surface area contributed by atoms with Gasteiger partial charge in [0.15, 0.2) is 0 Å². The van der Waals surface area contributed by atoms with Crippen LogP contribution in [0.5, 0.6) is 0 Å². The number of nitriles is 1. The van der Waals surface area contributed by atoms with E-state index in [2.05, 4.69) is 26.3 Å². The fourth-order valence-electron chi connectivity index (χ4n) is 3.25. The minimum atomic E-state index is 0.391. The van der Waals surface area contributed by atoms with Gasteiger partial charge in [0.1, 0.15) is 18.0 Å². The van der Waals surface area contributed by atoms with Gasteiger partial charge in [-0.15, -0.1) is 0 Å². The first-order valence-corrected chi connectivity index (χ1v) is 8.41. The molecule has 6 heteroatoms. The normalized spacial score (nSPS) is 15.1. The standard InChI is InChI=1S/C19H18N6/c20-12-14-11-19(24-17-4-2-1-3-16(14)17)25-9-6-15(7-10-25)23-18-5-8-21-13-22-18/h1-5,8,11,13,15H,6-7,9-10H2,(H,21,22,23). The Balaban J connectivity index is 1.49. The van der Waals surface area contributed by atoms with Crippen LogP contribution in [-0.2, 0) is 0 Å². The molecule has 4 rings (SSSR count). The molecule has 0 radical (unpaired) electrons. The maximum atomic E-state index is 9.45. The number of piperidine rings is 1. The van der Waals surface area contributed by atoms with Crippen LogP contribution in [0.2, 0.25) is 0 Å². The summed E-state index contributed by atoms with van der Waals surface area (Å²) in [7, 11) is 0. The van der Waals surface area contributed by atoms with Crippen molar-refractivity contribution in [3.8, 4) is 6.07 Å². The molecule has 25 heavy (non-hydrogen) atoms. The zero-order valence-electron chi connectivity index (χ0n) is 13.8. The lowest BCUT2D eigenvalue weighted by molar-refractivity contribution is 0.522. The van der Waals surface area contributed by atoms with Crippen LogP contribution in [-0.4, -0.2) is 34.1 Å². The molecule has 1 aliphatic rings. The molecule has 1 saturated heterocycles. The van der Waals surface area contributed by atoms with E-state index in [9.17, 15) is 5.26 Å². The van der Waals surface area contributed by atoms with Gasteiger partial charge < -0.3 is 10.2 Å². The molecule has 1 N–H and O–H groups in total. The van der Waals surface area contributed by atoms with Crippen LogP contribution in [0.15, 0.2) is 48.9 Å². The van der Waals surface area contributed by atoms with Crippen molar-refractivity contribution >= 4 is 22.5 Å². The minimum Gasteiger partial charge on any atom is -0.367 e. The third kappa shape index (κ3) is 3.22. The molecular formula is C19H18N6. The highest BCUT2D eigenvalue weighted by Gasteiger charge is 2.21. The molecule has 0 bridgehead atoms. The largest absolute Gasteiger partial charge is 0.367 e. The first kappa shape index (κ1) is 15.3. The van der Waals surface area contributed by atoms with Gasteiger partial charge in [-0.3, -0.25) is 0 Å². The van der Waals surface area contributed by atoms with Gasteiger partial charge in [-0.1, -0.05) is 18.2 Å². The molecule has 0 unspecified atom stereocenters. The Morgan fingerprint density at radius 1 is 1.16 bits per heavy atom. The van der Waals surface area contributed by atoms with E-state index in [1.54, 1.807) is 12.5 Å². The van der Waals surface area contributed by atoms with E-state index >= 15 is 0 Å². The van der Waals surface area contributed by atoms with E-state index in [4.69, 9.17) is 4.98 Å². The highest BCUT2D eigenvalue weighted by atomic mass is 15.2. The quantitative estimate of drug-likeness (QED) is 0.795. The second kappa shape index (κ2) is 6.73. The zero-order chi connectivity index (χ0) is 17.1. The van der Waals surface area contributed by atoms with Crippen molar-refractivity contribution in [2.24, 2.45) is 0 Å². The first-order chi connectivity index (χ1) is 12.3. The SMILES string of the molecule is N#Cc1cc(N2CCC(Nc3ccncn3)CC2)nc2ccccc12. The van der Waals surface area contributed by atoms with Crippen LogP contribution < -0.4 is 10.2 Å². The van der Waals surface area contributed by atoms with E-state index < -0.39 is 0 Å². The lowest BCUT2D eigenvalue weighted by atomic mass is 10.0. The summed E-state index contributed by atoms with van der Waals surface area (Å²) in [6.07, 6.45) is 5.30. The zero-order valence-corrected chi connectivity index (χ0v) is 13.8. The Kier molecular flexibility index (Phi) is 4.13. The molecule has 0 atom stereocenters. The van der Waals surface area contributed by atoms with Crippen LogP contribution in [0.4, 0.5) is 11.6 Å². The van der Waals surface area contributed by atoms with Crippen molar-refractivity contribution in [1.82, 2.24) is 15.0 Å². The Morgan fingerprint density at radius 3 is 2.76 bits per heavy atom. The summed E-state index contributed by atoms with van der Waals surface area (Å²) in [5.41, 5.74) is 1.56. The van der Waals surface area contributed by atoms with Crippen LogP contribution in [0.1, 0.15) is 18.4 Å². The summed E-state index contributed by atoms with van der Waals surface area (Å²) in [5, 5.41) is 13.8. The van der Waals surface area contributed by atoms with Gasteiger partial charge in [-0.05, 0) is 31.0 Å². The maximum absolute atomic E-state index is 9.45. The average molecular weight is 330 g/mol. The number of rotatable bonds is 3. The Hall–Kier alpha value is -3.20. The van der Waals surface area contributed by atoms with Crippen LogP contribution >= 0.6 is 0 Å². The number of nitrogens with zero attached hydrogens (tertiary/aromatic N) is 5. The maximum Gasteiger partial charge on any atom is 0.130 e. The van der Waals surface area contributed by atoms with Crippen molar-refractivity contribution in [2.75, 3.05) is 23.3 Å². The van der Waals surface area contributed by atoms with Crippen LogP contribution in [0, 0.1) is 11.3 Å². The van der Waals surface area contributed by atoms with Gasteiger partial charge in [0, 0.05) is 30.7 Å². The molecule has 3 heterocycles. The number of pyridine rings is 1. The molecule has 0 amide bonds. The Bertz CT molecular complexity index is 910. The lowest BCUT2D eigenvalue weighted by Gasteiger charge is -2.33. The highest BCUT2D eigenvalue weighted by Crippen LogP contribution is 2.25. The summed E-state index contributed by atoms with van der Waals surface area (Å²) in [5.74, 6) is 1.75. The third-order valence-corrected chi connectivity index (χ3v) is 4.58. The average Bonchev–Trinajstić information content (AvgIpc) is 2.68. The predicted octanol–water partition coefficient (Wildman–Crippen LogP) is 2.98. The topological polar surface area (TPSA) is 77.7 Å². The fourth-order valence-corrected chi connectivity index (χ4v) is 3.25. The highest BCUT2D eigenvalue weighted by molar-refractivity contribution is 5.86. The molecule has 2 aromatic heterocycles. The summed E-state index contributed by atoms with van der Waals surface area (Å²) >= 11 is 0. The number of hydrogen-bond donors (Lipinski definition) is 1. The summed E-state index contributed by atoms with van der Waals surface area (Å²) < 4.78 is 0. The monoisotopic (exact) mass is 330 g/mol. The van der Waals surface area contributed by atoms with E-state index in [0.29, 0.717) is 11.6 Å². The lowest BCUT2D eigenvalue weighted by Crippen LogP contribution is -2.39. The van der Waals surface area contributed by atoms with Gasteiger partial charge in [0.2, 0.25) is 0 Å². The van der Waals surface area contributed by atoms with Crippen molar-refractivity contribution in [2.45, 2.75) is 18.9 Å². The second-order valence-corrected chi connectivity index (χ2v) is 6.16. The van der Waals surface area contributed by atoms with E-state index in [1.165, 1.54) is 0 Å². The van der Waals surface area contributed by atoms with E-state index in [1.807, 2.05) is 36.4 Å². The van der Waals surface area contributed by atoms with Gasteiger partial charge in [0.05, 0.1) is 17.1 Å². The van der Waals surface area contributed by atoms with Gasteiger partial charge >= 0.3 is 0 Å². The Labute approximate surface area is 146 Å². The van der Waals surface area contributed by atoms with Crippen LogP contribution in [0.25, 0.3) is 10.9 Å². The number of para-hydroxylation sites is 1. The minimum absolute atomic E-state index is 0.391. The van der Waals surface area contributed by atoms with E-state index in [-0.39, 0.29) is 0 Å². The molecule has 0 spiro atoms. The number of benzene rings is 1. The van der Waals surface area contributed by atoms with Crippen LogP contribution in [0.3, 0.4) is 0 Å². The number of fused-ring (bicyclic) bond motifs is 1. The summed E-state index contributed by atoms with van der Waals surface area (Å²) in [6, 6.07) is 14.3. The molecular weight excluding hydrogens is 312 g/mol. The molecule has 6 nitrogen and oxygen atoms in total. The van der Waals surface area contributed by atoms with Crippen molar-refractivity contribution < 1.29 is 0 Å². The molecule has 1 aliphatic heterocycles. The number of anilines is 2. The van der Waals surface area contributed by atoms with Crippen molar-refractivity contribution in [1.29, 1.82) is 5.26 Å². The van der Waals surface area contributed by atoms with Gasteiger partial charge in [0.25, 0.3) is 0 Å². The van der Waals surface area contributed by atoms with Gasteiger partial charge in [-0.2, -0.15) is 5.26 Å². The smallest absolute Gasteiger partial charge is 0.130 e.